The van der Waals surface area contributed by atoms with Crippen LogP contribution in [0.2, 0.25) is 5.02 Å². The number of hydrogen-bond acceptors (Lipinski definition) is 8. The number of aliphatic hydroxyl groups is 1. The highest BCUT2D eigenvalue weighted by molar-refractivity contribution is 7.85. The van der Waals surface area contributed by atoms with Crippen molar-refractivity contribution in [2.75, 3.05) is 41.8 Å². The smallest absolute Gasteiger partial charge is 0.227 e. The molecule has 0 saturated heterocycles. The van der Waals surface area contributed by atoms with Gasteiger partial charge in [-0.2, -0.15) is 4.98 Å². The molecule has 2 aliphatic heterocycles. The second-order valence-corrected chi connectivity index (χ2v) is 9.92. The molecule has 1 saturated carbocycles. The van der Waals surface area contributed by atoms with E-state index in [9.17, 15) is 9.32 Å². The molecule has 1 fully saturated rings. The van der Waals surface area contributed by atoms with Gasteiger partial charge in [0.05, 0.1) is 39.1 Å². The Morgan fingerprint density at radius 2 is 1.97 bits per heavy atom. The zero-order valence-electron chi connectivity index (χ0n) is 16.5. The maximum absolute atomic E-state index is 12.6. The molecule has 0 bridgehead atoms. The number of nitrogens with zero attached hydrogens (tertiary/aromatic N) is 6. The van der Waals surface area contributed by atoms with E-state index in [1.807, 2.05) is 0 Å². The fraction of sp³-hybridized carbons (Fsp3) is 0.500. The van der Waals surface area contributed by atoms with Crippen LogP contribution in [0, 0.1) is 0 Å². The quantitative estimate of drug-likeness (QED) is 0.762. The number of hydrogen-bond donors (Lipinski definition) is 1. The van der Waals surface area contributed by atoms with Gasteiger partial charge < -0.3 is 14.9 Å². The molecule has 10 heteroatoms. The van der Waals surface area contributed by atoms with E-state index in [2.05, 4.69) is 30.8 Å². The summed E-state index contributed by atoms with van der Waals surface area (Å²) >= 11 is 5.88. The lowest BCUT2D eigenvalue weighted by Crippen LogP contribution is -2.59. The maximum Gasteiger partial charge on any atom is 0.227 e. The molecule has 0 amide bonds. The van der Waals surface area contributed by atoms with Gasteiger partial charge >= 0.3 is 0 Å². The van der Waals surface area contributed by atoms with E-state index in [1.54, 1.807) is 18.6 Å². The molecule has 1 N–H and O–H groups in total. The lowest BCUT2D eigenvalue weighted by atomic mass is 9.76. The number of halogens is 1. The summed E-state index contributed by atoms with van der Waals surface area (Å²) in [6.07, 6.45) is 10.7. The van der Waals surface area contributed by atoms with Gasteiger partial charge in [-0.05, 0) is 31.3 Å². The summed E-state index contributed by atoms with van der Waals surface area (Å²) in [5.74, 6) is 2.59. The highest BCUT2D eigenvalue weighted by Crippen LogP contribution is 2.43. The minimum atomic E-state index is -1.10. The first-order valence-corrected chi connectivity index (χ1v) is 11.9. The van der Waals surface area contributed by atoms with Crippen LogP contribution in [0.4, 0.5) is 11.8 Å². The van der Waals surface area contributed by atoms with E-state index < -0.39 is 10.8 Å². The molecule has 0 spiro atoms. The molecule has 2 aromatic rings. The molecule has 5 rings (SSSR count). The average molecular weight is 447 g/mol. The zero-order chi connectivity index (χ0) is 20.7. The topological polar surface area (TPSA) is 95.3 Å². The first-order valence-electron chi connectivity index (χ1n) is 10.2. The third kappa shape index (κ3) is 3.38. The summed E-state index contributed by atoms with van der Waals surface area (Å²) in [4.78, 5) is 22.9. The predicted octanol–water partition coefficient (Wildman–Crippen LogP) is 2.06. The Kier molecular flexibility index (Phi) is 5.20. The van der Waals surface area contributed by atoms with Crippen molar-refractivity contribution < 1.29 is 9.32 Å². The molecular weight excluding hydrogens is 424 g/mol. The molecule has 4 heterocycles. The molecule has 158 valence electrons. The van der Waals surface area contributed by atoms with Crippen LogP contribution in [0.3, 0.4) is 0 Å². The van der Waals surface area contributed by atoms with Gasteiger partial charge in [-0.1, -0.05) is 17.7 Å². The van der Waals surface area contributed by atoms with Crippen molar-refractivity contribution in [1.82, 2.24) is 19.9 Å². The van der Waals surface area contributed by atoms with Crippen LogP contribution in [0.25, 0.3) is 5.57 Å². The van der Waals surface area contributed by atoms with Crippen LogP contribution in [-0.2, 0) is 10.8 Å². The van der Waals surface area contributed by atoms with Gasteiger partial charge in [0.25, 0.3) is 0 Å². The summed E-state index contributed by atoms with van der Waals surface area (Å²) in [5, 5.41) is 10.6. The summed E-state index contributed by atoms with van der Waals surface area (Å²) in [5.41, 5.74) is 0.809. The first kappa shape index (κ1) is 19.8. The maximum atomic E-state index is 12.6. The minimum Gasteiger partial charge on any atom is -0.394 e. The second kappa shape index (κ2) is 7.86. The highest BCUT2D eigenvalue weighted by Gasteiger charge is 2.45. The molecule has 0 unspecified atom stereocenters. The van der Waals surface area contributed by atoms with Crippen molar-refractivity contribution in [3.8, 4) is 0 Å². The average Bonchev–Trinajstić information content (AvgIpc) is 2.75. The Balaban J connectivity index is 1.41. The van der Waals surface area contributed by atoms with Gasteiger partial charge in [0.15, 0.2) is 11.6 Å². The molecule has 1 aliphatic carbocycles. The van der Waals surface area contributed by atoms with Gasteiger partial charge in [-0.3, -0.25) is 4.21 Å². The van der Waals surface area contributed by atoms with Gasteiger partial charge in [0.1, 0.15) is 0 Å². The van der Waals surface area contributed by atoms with Gasteiger partial charge in [0.2, 0.25) is 5.95 Å². The van der Waals surface area contributed by atoms with Crippen molar-refractivity contribution in [1.29, 1.82) is 0 Å². The van der Waals surface area contributed by atoms with Crippen molar-refractivity contribution in [2.24, 2.45) is 0 Å². The lowest BCUT2D eigenvalue weighted by molar-refractivity contribution is 0.115. The second-order valence-electron chi connectivity index (χ2n) is 7.95. The Hall–Kier alpha value is -2.10. The van der Waals surface area contributed by atoms with Crippen LogP contribution in [0.5, 0.6) is 0 Å². The molecule has 0 aromatic carbocycles. The highest BCUT2D eigenvalue weighted by atomic mass is 35.5. The van der Waals surface area contributed by atoms with Crippen LogP contribution >= 0.6 is 11.6 Å². The lowest BCUT2D eigenvalue weighted by Gasteiger charge is -2.51. The molecule has 3 aliphatic rings. The molecule has 30 heavy (non-hydrogen) atoms. The number of anilines is 2. The van der Waals surface area contributed by atoms with E-state index in [-0.39, 0.29) is 12.1 Å². The molecule has 2 aromatic heterocycles. The zero-order valence-corrected chi connectivity index (χ0v) is 18.1. The summed E-state index contributed by atoms with van der Waals surface area (Å²) in [6.45, 7) is 2.13. The molecule has 1 atom stereocenters. The van der Waals surface area contributed by atoms with Crippen molar-refractivity contribution in [3.63, 3.8) is 0 Å². The van der Waals surface area contributed by atoms with Crippen LogP contribution in [0.1, 0.15) is 31.5 Å². The number of aliphatic hydroxyl groups excluding tert-OH is 1. The Labute approximate surface area is 182 Å². The summed E-state index contributed by atoms with van der Waals surface area (Å²) < 4.78 is 12.6. The van der Waals surface area contributed by atoms with Gasteiger partial charge in [0, 0.05) is 37.8 Å². The fourth-order valence-electron chi connectivity index (χ4n) is 4.34. The fourth-order valence-corrected chi connectivity index (χ4v) is 5.54. The SMILES string of the molecule is O=[S@]1CCN(C2(CO)CCC2)c2nc(N3CC=C(c4ncc(Cl)cn4)CC3)ncc21. The number of rotatable bonds is 4. The van der Waals surface area contributed by atoms with Crippen LogP contribution in [-0.4, -0.2) is 66.8 Å². The predicted molar refractivity (Wildman–Crippen MR) is 116 cm³/mol. The summed E-state index contributed by atoms with van der Waals surface area (Å²) in [7, 11) is -1.10. The molecule has 0 radical (unpaired) electrons. The number of aromatic nitrogens is 4. The monoisotopic (exact) mass is 446 g/mol. The normalized spacial score (nSPS) is 22.9. The van der Waals surface area contributed by atoms with E-state index in [4.69, 9.17) is 16.6 Å². The van der Waals surface area contributed by atoms with Crippen molar-refractivity contribution in [3.05, 3.63) is 35.5 Å². The molecular formula is C20H23ClN6O2S. The Bertz CT molecular complexity index is 1010. The Morgan fingerprint density at radius 3 is 2.60 bits per heavy atom. The minimum absolute atomic E-state index is 0.0926. The van der Waals surface area contributed by atoms with E-state index in [0.717, 1.165) is 37.8 Å². The number of fused-ring (bicyclic) bond motifs is 1. The van der Waals surface area contributed by atoms with Gasteiger partial charge in [-0.15, -0.1) is 0 Å². The van der Waals surface area contributed by atoms with E-state index in [1.165, 1.54) is 0 Å². The van der Waals surface area contributed by atoms with Crippen LogP contribution < -0.4 is 9.80 Å². The standard InChI is InChI=1S/C20H23ClN6O2S/c21-15-10-22-17(23-11-15)14-2-6-26(7-3-14)19-24-12-16-18(25-19)27(8-9-30(16)29)20(13-28)4-1-5-20/h2,10-12,28H,1,3-9,13H2/t30-/m0/s1. The molecule has 8 nitrogen and oxygen atoms in total. The largest absolute Gasteiger partial charge is 0.394 e. The third-order valence-corrected chi connectivity index (χ3v) is 7.80. The van der Waals surface area contributed by atoms with Crippen molar-refractivity contribution >= 4 is 39.7 Å². The summed E-state index contributed by atoms with van der Waals surface area (Å²) in [6, 6.07) is 0. The van der Waals surface area contributed by atoms with E-state index >= 15 is 0 Å². The first-order chi connectivity index (χ1) is 14.6. The van der Waals surface area contributed by atoms with E-state index in [0.29, 0.717) is 46.4 Å². The van der Waals surface area contributed by atoms with Crippen molar-refractivity contribution in [2.45, 2.75) is 36.1 Å². The van der Waals surface area contributed by atoms with Crippen LogP contribution in [0.15, 0.2) is 29.6 Å². The Morgan fingerprint density at radius 1 is 1.17 bits per heavy atom. The third-order valence-electron chi connectivity index (χ3n) is 6.28. The van der Waals surface area contributed by atoms with Gasteiger partial charge in [-0.25, -0.2) is 15.0 Å².